The normalized spacial score (nSPS) is 13.7. The van der Waals surface area contributed by atoms with Crippen LogP contribution in [0.1, 0.15) is 213 Å². The summed E-state index contributed by atoms with van der Waals surface area (Å²) >= 11 is 0. The fourth-order valence-electron chi connectivity index (χ4n) is 6.48. The number of carbonyl (C=O) groups is 1. The maximum Gasteiger partial charge on any atom is 0.220 e. The van der Waals surface area contributed by atoms with E-state index in [1.165, 1.54) is 128 Å². The fourth-order valence-corrected chi connectivity index (χ4v) is 6.48. The first-order chi connectivity index (χ1) is 26.2. The van der Waals surface area contributed by atoms with Crippen LogP contribution in [0.4, 0.5) is 0 Å². The summed E-state index contributed by atoms with van der Waals surface area (Å²) in [4.78, 5) is 12.2. The van der Waals surface area contributed by atoms with E-state index in [9.17, 15) is 15.0 Å². The predicted molar refractivity (Wildman–Crippen MR) is 234 cm³/mol. The van der Waals surface area contributed by atoms with Crippen LogP contribution in [0.2, 0.25) is 0 Å². The van der Waals surface area contributed by atoms with Gasteiger partial charge in [-0.3, -0.25) is 4.79 Å². The second-order valence-corrected chi connectivity index (χ2v) is 15.1. The number of unbranched alkanes of at least 4 members (excludes halogenated alkanes) is 23. The maximum absolute atomic E-state index is 12.2. The molecule has 4 heteroatoms. The molecule has 306 valence electrons. The summed E-state index contributed by atoms with van der Waals surface area (Å²) in [6.45, 7) is 4.05. The highest BCUT2D eigenvalue weighted by Gasteiger charge is 2.17. The Bertz CT molecular complexity index is 930. The minimum absolute atomic E-state index is 0.0735. The molecule has 2 atom stereocenters. The van der Waals surface area contributed by atoms with Crippen LogP contribution in [-0.2, 0) is 4.79 Å². The molecule has 0 aliphatic carbocycles. The maximum atomic E-state index is 12.2. The standard InChI is InChI=1S/C49H87NO3/c1-3-5-7-9-10-11-12-13-14-15-16-17-18-19-20-21-22-23-24-25-26-27-28-29-30-31-32-33-34-35-36-37-38-39-40-41-43-45-49(53)50-47(46-51)48(52)44-42-8-6-4-2/h5,7,10-11,13-14,16-17,19-20,42,44,47-48,51-52H,3-4,6,8-9,12,15,18,21-41,43,45-46H2,1-2H3,(H,50,53)/b7-5-,11-10-,14-13-,17-16-,20-19-,44-42+. The Morgan fingerprint density at radius 1 is 0.472 bits per heavy atom. The van der Waals surface area contributed by atoms with Gasteiger partial charge in [-0.1, -0.05) is 222 Å². The zero-order chi connectivity index (χ0) is 38.6. The van der Waals surface area contributed by atoms with Gasteiger partial charge in [-0.05, 0) is 57.8 Å². The van der Waals surface area contributed by atoms with Crippen LogP contribution in [-0.4, -0.2) is 34.9 Å². The third kappa shape index (κ3) is 40.8. The molecule has 0 aromatic heterocycles. The third-order valence-corrected chi connectivity index (χ3v) is 9.95. The van der Waals surface area contributed by atoms with E-state index in [0.29, 0.717) is 6.42 Å². The molecular formula is C49H87NO3. The summed E-state index contributed by atoms with van der Waals surface area (Å²) < 4.78 is 0. The van der Waals surface area contributed by atoms with E-state index in [4.69, 9.17) is 0 Å². The van der Waals surface area contributed by atoms with Crippen LogP contribution in [0.3, 0.4) is 0 Å². The summed E-state index contributed by atoms with van der Waals surface area (Å²) in [6, 6.07) is -0.617. The Morgan fingerprint density at radius 3 is 1.23 bits per heavy atom. The van der Waals surface area contributed by atoms with Crippen LogP contribution < -0.4 is 5.32 Å². The number of allylic oxidation sites excluding steroid dienone is 11. The topological polar surface area (TPSA) is 69.6 Å². The van der Waals surface area contributed by atoms with Crippen molar-refractivity contribution in [2.45, 2.75) is 225 Å². The fraction of sp³-hybridized carbons (Fsp3) is 0.735. The van der Waals surface area contributed by atoms with Crippen molar-refractivity contribution >= 4 is 5.91 Å². The molecule has 3 N–H and O–H groups in total. The molecule has 53 heavy (non-hydrogen) atoms. The Morgan fingerprint density at radius 2 is 0.830 bits per heavy atom. The molecule has 0 fully saturated rings. The van der Waals surface area contributed by atoms with Crippen molar-refractivity contribution in [1.82, 2.24) is 5.32 Å². The molecule has 0 aliphatic heterocycles. The number of aliphatic hydroxyl groups is 2. The number of carbonyl (C=O) groups excluding carboxylic acids is 1. The SMILES string of the molecule is CC/C=C\C/C=C\C/C=C\C/C=C\C/C=C\CCCCCCCCCCCCCCCCCCCCCCCC(=O)NC(CO)C(O)/C=C/CCCC. The van der Waals surface area contributed by atoms with Crippen molar-refractivity contribution in [3.63, 3.8) is 0 Å². The summed E-state index contributed by atoms with van der Waals surface area (Å²) in [5.74, 6) is -0.0735. The zero-order valence-corrected chi connectivity index (χ0v) is 35.0. The van der Waals surface area contributed by atoms with Crippen molar-refractivity contribution in [2.75, 3.05) is 6.61 Å². The van der Waals surface area contributed by atoms with Gasteiger partial charge in [-0.15, -0.1) is 0 Å². The van der Waals surface area contributed by atoms with Gasteiger partial charge >= 0.3 is 0 Å². The van der Waals surface area contributed by atoms with E-state index in [1.54, 1.807) is 6.08 Å². The van der Waals surface area contributed by atoms with Crippen molar-refractivity contribution in [3.05, 3.63) is 72.9 Å². The van der Waals surface area contributed by atoms with E-state index < -0.39 is 12.1 Å². The smallest absolute Gasteiger partial charge is 0.220 e. The number of hydrogen-bond acceptors (Lipinski definition) is 3. The van der Waals surface area contributed by atoms with E-state index in [1.807, 2.05) is 6.08 Å². The van der Waals surface area contributed by atoms with Gasteiger partial charge in [0, 0.05) is 6.42 Å². The Balaban J connectivity index is 3.36. The lowest BCUT2D eigenvalue weighted by atomic mass is 10.0. The minimum Gasteiger partial charge on any atom is -0.394 e. The third-order valence-electron chi connectivity index (χ3n) is 9.95. The molecule has 1 amide bonds. The van der Waals surface area contributed by atoms with Crippen LogP contribution >= 0.6 is 0 Å². The quantitative estimate of drug-likeness (QED) is 0.0433. The van der Waals surface area contributed by atoms with E-state index in [2.05, 4.69) is 79.9 Å². The Hall–Kier alpha value is -2.17. The van der Waals surface area contributed by atoms with Crippen molar-refractivity contribution < 1.29 is 15.0 Å². The van der Waals surface area contributed by atoms with Crippen LogP contribution in [0.15, 0.2) is 72.9 Å². The molecule has 0 spiro atoms. The van der Waals surface area contributed by atoms with Crippen LogP contribution in [0, 0.1) is 0 Å². The predicted octanol–water partition coefficient (Wildman–Crippen LogP) is 14.3. The molecular weight excluding hydrogens is 651 g/mol. The first-order valence-electron chi connectivity index (χ1n) is 22.7. The average Bonchev–Trinajstić information content (AvgIpc) is 3.16. The van der Waals surface area contributed by atoms with Gasteiger partial charge < -0.3 is 15.5 Å². The van der Waals surface area contributed by atoms with E-state index >= 15 is 0 Å². The van der Waals surface area contributed by atoms with Gasteiger partial charge in [0.2, 0.25) is 5.91 Å². The first-order valence-corrected chi connectivity index (χ1v) is 22.7. The average molecular weight is 738 g/mol. The molecule has 0 heterocycles. The molecule has 0 saturated carbocycles. The number of nitrogens with one attached hydrogen (secondary N) is 1. The monoisotopic (exact) mass is 738 g/mol. The minimum atomic E-state index is -0.834. The highest BCUT2D eigenvalue weighted by molar-refractivity contribution is 5.76. The van der Waals surface area contributed by atoms with E-state index in [-0.39, 0.29) is 12.5 Å². The van der Waals surface area contributed by atoms with Gasteiger partial charge in [0.15, 0.2) is 0 Å². The van der Waals surface area contributed by atoms with Gasteiger partial charge in [-0.2, -0.15) is 0 Å². The number of aliphatic hydroxyl groups excluding tert-OH is 2. The molecule has 0 aliphatic rings. The summed E-state index contributed by atoms with van der Waals surface area (Å²) in [7, 11) is 0. The lowest BCUT2D eigenvalue weighted by Crippen LogP contribution is -2.45. The van der Waals surface area contributed by atoms with Crippen molar-refractivity contribution in [2.24, 2.45) is 0 Å². The van der Waals surface area contributed by atoms with E-state index in [0.717, 1.165) is 64.2 Å². The molecule has 0 rings (SSSR count). The van der Waals surface area contributed by atoms with Gasteiger partial charge in [0.1, 0.15) is 0 Å². The summed E-state index contributed by atoms with van der Waals surface area (Å²) in [5, 5.41) is 22.5. The lowest BCUT2D eigenvalue weighted by Gasteiger charge is -2.19. The van der Waals surface area contributed by atoms with Gasteiger partial charge in [0.25, 0.3) is 0 Å². The second-order valence-electron chi connectivity index (χ2n) is 15.1. The van der Waals surface area contributed by atoms with Crippen LogP contribution in [0.5, 0.6) is 0 Å². The molecule has 2 unspecified atom stereocenters. The highest BCUT2D eigenvalue weighted by Crippen LogP contribution is 2.16. The largest absolute Gasteiger partial charge is 0.394 e. The molecule has 0 radical (unpaired) electrons. The summed E-state index contributed by atoms with van der Waals surface area (Å²) in [6.07, 6.45) is 63.7. The number of rotatable bonds is 40. The molecule has 0 aromatic rings. The number of amides is 1. The lowest BCUT2D eigenvalue weighted by molar-refractivity contribution is -0.123. The van der Waals surface area contributed by atoms with Crippen molar-refractivity contribution in [3.8, 4) is 0 Å². The van der Waals surface area contributed by atoms with Gasteiger partial charge in [-0.25, -0.2) is 0 Å². The van der Waals surface area contributed by atoms with Crippen molar-refractivity contribution in [1.29, 1.82) is 0 Å². The first kappa shape index (κ1) is 50.8. The highest BCUT2D eigenvalue weighted by atomic mass is 16.3. The Labute approximate surface area is 329 Å². The number of hydrogen-bond donors (Lipinski definition) is 3. The molecule has 0 bridgehead atoms. The summed E-state index contributed by atoms with van der Waals surface area (Å²) in [5.41, 5.74) is 0. The Kier molecular flexibility index (Phi) is 42.4. The zero-order valence-electron chi connectivity index (χ0n) is 35.0. The van der Waals surface area contributed by atoms with Crippen LogP contribution in [0.25, 0.3) is 0 Å². The molecule has 0 saturated heterocycles. The second kappa shape index (κ2) is 44.2. The van der Waals surface area contributed by atoms with Gasteiger partial charge in [0.05, 0.1) is 18.8 Å². The molecule has 4 nitrogen and oxygen atoms in total. The molecule has 0 aromatic carbocycles.